The van der Waals surface area contributed by atoms with Gasteiger partial charge in [0.25, 0.3) is 5.56 Å². The van der Waals surface area contributed by atoms with Gasteiger partial charge >= 0.3 is 0 Å². The third kappa shape index (κ3) is 2.75. The van der Waals surface area contributed by atoms with E-state index in [1.54, 1.807) is 30.3 Å². The van der Waals surface area contributed by atoms with Crippen molar-refractivity contribution in [1.82, 2.24) is 4.98 Å². The maximum atomic E-state index is 14.1. The third-order valence-electron chi connectivity index (χ3n) is 3.59. The van der Waals surface area contributed by atoms with Crippen LogP contribution in [0, 0.1) is 23.0 Å². The summed E-state index contributed by atoms with van der Waals surface area (Å²) in [5.74, 6) is -1.38. The summed E-state index contributed by atoms with van der Waals surface area (Å²) in [7, 11) is 0. The van der Waals surface area contributed by atoms with Crippen molar-refractivity contribution in [1.29, 1.82) is 5.26 Å². The van der Waals surface area contributed by atoms with Crippen molar-refractivity contribution < 1.29 is 8.78 Å². The van der Waals surface area contributed by atoms with Gasteiger partial charge in [0.1, 0.15) is 23.3 Å². The lowest BCUT2D eigenvalue weighted by molar-refractivity contribution is 0.603. The first-order chi connectivity index (χ1) is 11.5. The van der Waals surface area contributed by atoms with Gasteiger partial charge < -0.3 is 10.7 Å². The largest absolute Gasteiger partial charge is 0.399 e. The maximum absolute atomic E-state index is 14.1. The van der Waals surface area contributed by atoms with Gasteiger partial charge in [-0.15, -0.1) is 0 Å². The molecule has 3 rings (SSSR count). The molecule has 0 saturated carbocycles. The number of nitriles is 1. The second-order valence-electron chi connectivity index (χ2n) is 5.16. The van der Waals surface area contributed by atoms with Crippen LogP contribution in [0.15, 0.2) is 53.3 Å². The highest BCUT2D eigenvalue weighted by molar-refractivity contribution is 5.76. The molecule has 0 saturated heterocycles. The Kier molecular flexibility index (Phi) is 3.84. The van der Waals surface area contributed by atoms with Crippen LogP contribution in [0.3, 0.4) is 0 Å². The van der Waals surface area contributed by atoms with E-state index in [0.717, 1.165) is 18.2 Å². The molecule has 0 fully saturated rings. The van der Waals surface area contributed by atoms with E-state index in [9.17, 15) is 18.8 Å². The summed E-state index contributed by atoms with van der Waals surface area (Å²) >= 11 is 0. The lowest BCUT2D eigenvalue weighted by atomic mass is 9.98. The second kappa shape index (κ2) is 5.97. The quantitative estimate of drug-likeness (QED) is 0.709. The van der Waals surface area contributed by atoms with E-state index < -0.39 is 17.2 Å². The van der Waals surface area contributed by atoms with Gasteiger partial charge in [0.15, 0.2) is 0 Å². The average Bonchev–Trinajstić information content (AvgIpc) is 2.57. The van der Waals surface area contributed by atoms with Crippen molar-refractivity contribution in [3.05, 3.63) is 76.1 Å². The van der Waals surface area contributed by atoms with E-state index in [1.165, 1.54) is 6.07 Å². The van der Waals surface area contributed by atoms with Crippen molar-refractivity contribution in [3.63, 3.8) is 0 Å². The molecule has 24 heavy (non-hydrogen) atoms. The van der Waals surface area contributed by atoms with Crippen molar-refractivity contribution in [2.45, 2.75) is 0 Å². The van der Waals surface area contributed by atoms with Gasteiger partial charge in [-0.25, -0.2) is 8.78 Å². The van der Waals surface area contributed by atoms with E-state index in [-0.39, 0.29) is 16.7 Å². The Morgan fingerprint density at radius 2 is 1.71 bits per heavy atom. The number of nitrogens with zero attached hydrogens (tertiary/aromatic N) is 1. The van der Waals surface area contributed by atoms with Crippen LogP contribution in [0.4, 0.5) is 14.5 Å². The second-order valence-corrected chi connectivity index (χ2v) is 5.16. The fraction of sp³-hybridized carbons (Fsp3) is 0. The van der Waals surface area contributed by atoms with Gasteiger partial charge in [-0.05, 0) is 42.0 Å². The molecule has 2 aromatic carbocycles. The molecular formula is C18H11F2N3O. The number of anilines is 1. The van der Waals surface area contributed by atoms with Crippen LogP contribution in [0.2, 0.25) is 0 Å². The number of hydrogen-bond acceptors (Lipinski definition) is 3. The van der Waals surface area contributed by atoms with E-state index in [4.69, 9.17) is 5.73 Å². The minimum Gasteiger partial charge on any atom is -0.399 e. The molecule has 0 amide bonds. The highest BCUT2D eigenvalue weighted by Gasteiger charge is 2.16. The number of nitrogen functional groups attached to an aromatic ring is 1. The Bertz CT molecular complexity index is 1020. The van der Waals surface area contributed by atoms with Gasteiger partial charge in [-0.1, -0.05) is 12.1 Å². The lowest BCUT2D eigenvalue weighted by Gasteiger charge is -2.09. The van der Waals surface area contributed by atoms with Crippen LogP contribution in [0.1, 0.15) is 5.56 Å². The Labute approximate surface area is 135 Å². The molecule has 0 bridgehead atoms. The van der Waals surface area contributed by atoms with Crippen LogP contribution in [0.25, 0.3) is 22.4 Å². The van der Waals surface area contributed by atoms with Crippen LogP contribution in [-0.2, 0) is 0 Å². The molecule has 3 aromatic rings. The first-order valence-corrected chi connectivity index (χ1v) is 6.98. The molecule has 3 N–H and O–H groups in total. The van der Waals surface area contributed by atoms with Crippen LogP contribution < -0.4 is 11.3 Å². The van der Waals surface area contributed by atoms with Gasteiger partial charge in [0.05, 0.1) is 0 Å². The number of rotatable bonds is 2. The number of pyridine rings is 1. The monoisotopic (exact) mass is 323 g/mol. The van der Waals surface area contributed by atoms with E-state index in [2.05, 4.69) is 4.98 Å². The predicted molar refractivity (Wildman–Crippen MR) is 87.0 cm³/mol. The minimum absolute atomic E-state index is 0.0325. The first kappa shape index (κ1) is 15.4. The van der Waals surface area contributed by atoms with E-state index in [1.807, 2.05) is 0 Å². The number of halogens is 2. The molecule has 0 aliphatic rings. The number of aromatic nitrogens is 1. The molecule has 1 heterocycles. The smallest absolute Gasteiger partial charge is 0.266 e. The predicted octanol–water partition coefficient (Wildman–Crippen LogP) is 3.44. The summed E-state index contributed by atoms with van der Waals surface area (Å²) < 4.78 is 27.6. The van der Waals surface area contributed by atoms with E-state index in [0.29, 0.717) is 16.9 Å². The fourth-order valence-corrected chi connectivity index (χ4v) is 2.41. The number of benzene rings is 2. The van der Waals surface area contributed by atoms with Gasteiger partial charge in [-0.2, -0.15) is 5.26 Å². The molecule has 1 aromatic heterocycles. The number of H-pyrrole nitrogens is 1. The van der Waals surface area contributed by atoms with Gasteiger partial charge in [0.2, 0.25) is 0 Å². The SMILES string of the molecule is N#Cc1c(-c2cc(F)ccc2F)cc(-c2ccc(N)cc2)[nH]c1=O. The molecule has 0 unspecified atom stereocenters. The van der Waals surface area contributed by atoms with Crippen LogP contribution in [0.5, 0.6) is 0 Å². The zero-order valence-corrected chi connectivity index (χ0v) is 12.3. The summed E-state index contributed by atoms with van der Waals surface area (Å²) in [5, 5.41) is 9.22. The highest BCUT2D eigenvalue weighted by Crippen LogP contribution is 2.29. The third-order valence-corrected chi connectivity index (χ3v) is 3.59. The molecule has 6 heteroatoms. The average molecular weight is 323 g/mol. The summed E-state index contributed by atoms with van der Waals surface area (Å²) in [6.07, 6.45) is 0. The number of nitrogens with one attached hydrogen (secondary N) is 1. The van der Waals surface area contributed by atoms with Crippen molar-refractivity contribution in [2.75, 3.05) is 5.73 Å². The number of nitrogens with two attached hydrogens (primary N) is 1. The molecule has 0 aliphatic carbocycles. The first-order valence-electron chi connectivity index (χ1n) is 6.98. The van der Waals surface area contributed by atoms with Crippen molar-refractivity contribution in [3.8, 4) is 28.5 Å². The Hall–Kier alpha value is -3.46. The van der Waals surface area contributed by atoms with E-state index >= 15 is 0 Å². The Balaban J connectivity index is 2.29. The Morgan fingerprint density at radius 1 is 1.00 bits per heavy atom. The molecule has 4 nitrogen and oxygen atoms in total. The van der Waals surface area contributed by atoms with Crippen molar-refractivity contribution >= 4 is 5.69 Å². The molecule has 0 aliphatic heterocycles. The molecular weight excluding hydrogens is 312 g/mol. The van der Waals surface area contributed by atoms with Crippen LogP contribution >= 0.6 is 0 Å². The van der Waals surface area contributed by atoms with Gasteiger partial charge in [-0.3, -0.25) is 4.79 Å². The summed E-state index contributed by atoms with van der Waals surface area (Å²) in [6.45, 7) is 0. The van der Waals surface area contributed by atoms with Crippen molar-refractivity contribution in [2.24, 2.45) is 0 Å². The number of hydrogen-bond donors (Lipinski definition) is 2. The summed E-state index contributed by atoms with van der Waals surface area (Å²) in [4.78, 5) is 14.8. The Morgan fingerprint density at radius 3 is 2.38 bits per heavy atom. The summed E-state index contributed by atoms with van der Waals surface area (Å²) in [6, 6.07) is 12.7. The van der Waals surface area contributed by atoms with Gasteiger partial charge in [0, 0.05) is 22.5 Å². The molecule has 0 spiro atoms. The molecule has 0 radical (unpaired) electrons. The fourth-order valence-electron chi connectivity index (χ4n) is 2.41. The zero-order valence-electron chi connectivity index (χ0n) is 12.3. The normalized spacial score (nSPS) is 10.4. The maximum Gasteiger partial charge on any atom is 0.266 e. The highest BCUT2D eigenvalue weighted by atomic mass is 19.1. The number of aromatic amines is 1. The zero-order chi connectivity index (χ0) is 17.3. The summed E-state index contributed by atoms with van der Waals surface area (Å²) in [5.41, 5.74) is 6.11. The minimum atomic E-state index is -0.721. The lowest BCUT2D eigenvalue weighted by Crippen LogP contribution is -2.13. The molecule has 0 atom stereocenters. The molecule has 118 valence electrons. The topological polar surface area (TPSA) is 82.7 Å². The standard InChI is InChI=1S/C18H11F2N3O/c19-11-3-6-16(20)14(7-11)13-8-17(23-18(24)15(13)9-21)10-1-4-12(22)5-2-10/h1-8H,22H2,(H,23,24). The van der Waals surface area contributed by atoms with Crippen LogP contribution in [-0.4, -0.2) is 4.98 Å².